The Kier molecular flexibility index (Phi) is 4.31. The van der Waals surface area contributed by atoms with Gasteiger partial charge in [-0.25, -0.2) is 9.52 Å². The zero-order valence-electron chi connectivity index (χ0n) is 15.9. The van der Waals surface area contributed by atoms with Crippen molar-refractivity contribution in [3.8, 4) is 0 Å². The van der Waals surface area contributed by atoms with Crippen LogP contribution in [0.15, 0.2) is 36.5 Å². The van der Waals surface area contributed by atoms with Crippen LogP contribution in [0.25, 0.3) is 10.9 Å². The normalized spacial score (nSPS) is 15.7. The van der Waals surface area contributed by atoms with Gasteiger partial charge in [-0.3, -0.25) is 0 Å². The molecule has 0 atom stereocenters. The number of nitrogens with zero attached hydrogens (tertiary/aromatic N) is 2. The van der Waals surface area contributed by atoms with Crippen LogP contribution >= 0.6 is 0 Å². The number of carbonyl (C=O) groups excluding carboxylic acids is 1. The van der Waals surface area contributed by atoms with Gasteiger partial charge in [-0.15, -0.1) is 4.09 Å². The molecule has 8 heteroatoms. The quantitative estimate of drug-likeness (QED) is 0.693. The van der Waals surface area contributed by atoms with Crippen molar-refractivity contribution in [1.29, 1.82) is 0 Å². The van der Waals surface area contributed by atoms with Gasteiger partial charge in [0.05, 0.1) is 11.7 Å². The van der Waals surface area contributed by atoms with Crippen LogP contribution in [0, 0.1) is 0 Å². The Morgan fingerprint density at radius 3 is 2.48 bits per heavy atom. The highest BCUT2D eigenvalue weighted by molar-refractivity contribution is 7.88. The molecule has 2 aliphatic carbocycles. The molecule has 2 aliphatic rings. The Balaban J connectivity index is 1.45. The molecule has 3 aromatic rings. The van der Waals surface area contributed by atoms with E-state index in [1.165, 1.54) is 17.3 Å². The number of rotatable bonds is 3. The number of nitrogens with one attached hydrogen (secondary N) is 2. The Morgan fingerprint density at radius 2 is 1.66 bits per heavy atom. The molecular weight excluding hydrogens is 388 g/mol. The predicted octanol–water partition coefficient (Wildman–Crippen LogP) is 3.32. The smallest absolute Gasteiger partial charge is 0.307 e. The van der Waals surface area contributed by atoms with E-state index >= 15 is 0 Å². The lowest BCUT2D eigenvalue weighted by atomic mass is 9.87. The monoisotopic (exact) mass is 410 g/mol. The summed E-state index contributed by atoms with van der Waals surface area (Å²) < 4.78 is 28.5. The molecule has 1 aromatic heterocycles. The van der Waals surface area contributed by atoms with E-state index in [0.29, 0.717) is 10.9 Å². The van der Waals surface area contributed by atoms with Crippen molar-refractivity contribution in [2.24, 2.45) is 0 Å². The highest BCUT2D eigenvalue weighted by Crippen LogP contribution is 2.37. The molecule has 7 nitrogen and oxygen atoms in total. The van der Waals surface area contributed by atoms with Gasteiger partial charge in [0, 0.05) is 11.1 Å². The number of fused-ring (bicyclic) bond motifs is 3. The first-order valence-electron chi connectivity index (χ1n) is 9.96. The van der Waals surface area contributed by atoms with Crippen LogP contribution in [0.1, 0.15) is 41.5 Å². The van der Waals surface area contributed by atoms with Gasteiger partial charge in [0.15, 0.2) is 0 Å². The van der Waals surface area contributed by atoms with Crippen LogP contribution in [0.5, 0.6) is 0 Å². The van der Waals surface area contributed by atoms with Gasteiger partial charge in [-0.05, 0) is 73.3 Å². The summed E-state index contributed by atoms with van der Waals surface area (Å²) in [6.45, 7) is 0. The van der Waals surface area contributed by atoms with Crippen molar-refractivity contribution in [3.63, 3.8) is 0 Å². The highest BCUT2D eigenvalue weighted by Gasteiger charge is 2.26. The first-order chi connectivity index (χ1) is 14.0. The Hall–Kier alpha value is -2.87. The van der Waals surface area contributed by atoms with E-state index in [2.05, 4.69) is 21.2 Å². The van der Waals surface area contributed by atoms with Crippen LogP contribution in [0.4, 0.5) is 10.5 Å². The number of hydrogen-bond acceptors (Lipinski definition) is 4. The van der Waals surface area contributed by atoms with Gasteiger partial charge < -0.3 is 5.32 Å². The number of benzene rings is 2. The zero-order chi connectivity index (χ0) is 20.0. The highest BCUT2D eigenvalue weighted by atomic mass is 32.2. The van der Waals surface area contributed by atoms with Gasteiger partial charge in [-0.1, -0.05) is 24.3 Å². The molecule has 5 rings (SSSR count). The van der Waals surface area contributed by atoms with E-state index in [-0.39, 0.29) is 0 Å². The number of urea groups is 1. The maximum atomic E-state index is 12.8. The molecule has 0 spiro atoms. The minimum absolute atomic E-state index is 0.422. The summed E-state index contributed by atoms with van der Waals surface area (Å²) in [5.41, 5.74) is 6.12. The van der Waals surface area contributed by atoms with Crippen molar-refractivity contribution in [2.75, 3.05) is 5.32 Å². The molecule has 0 fully saturated rings. The first-order valence-corrected chi connectivity index (χ1v) is 11.4. The summed E-state index contributed by atoms with van der Waals surface area (Å²) >= 11 is 0. The van der Waals surface area contributed by atoms with E-state index < -0.39 is 16.2 Å². The molecule has 2 amide bonds. The Morgan fingerprint density at radius 1 is 0.966 bits per heavy atom. The SMILES string of the molecule is O=C(Nc1c2c(cc3c1CCC3)CCCC2)NS(=O)(=O)n1ncc2ccccc21. The molecule has 2 aromatic carbocycles. The first kappa shape index (κ1) is 18.2. The Bertz CT molecular complexity index is 1230. The van der Waals surface area contributed by atoms with Gasteiger partial charge in [0.1, 0.15) is 0 Å². The maximum absolute atomic E-state index is 12.8. The van der Waals surface area contributed by atoms with Crippen molar-refractivity contribution in [2.45, 2.75) is 44.9 Å². The number of carbonyl (C=O) groups is 1. The van der Waals surface area contributed by atoms with Gasteiger partial charge in [0.2, 0.25) is 0 Å². The fourth-order valence-electron chi connectivity index (χ4n) is 4.57. The van der Waals surface area contributed by atoms with Gasteiger partial charge in [-0.2, -0.15) is 13.5 Å². The van der Waals surface area contributed by atoms with Crippen molar-refractivity contribution in [3.05, 3.63) is 58.8 Å². The average molecular weight is 410 g/mol. The molecule has 1 heterocycles. The van der Waals surface area contributed by atoms with Crippen molar-refractivity contribution in [1.82, 2.24) is 13.9 Å². The molecule has 0 aliphatic heterocycles. The van der Waals surface area contributed by atoms with E-state index in [9.17, 15) is 13.2 Å². The minimum atomic E-state index is -4.15. The number of aromatic nitrogens is 2. The van der Waals surface area contributed by atoms with E-state index in [1.54, 1.807) is 24.3 Å². The lowest BCUT2D eigenvalue weighted by molar-refractivity contribution is 0.256. The lowest BCUT2D eigenvalue weighted by Gasteiger charge is -2.23. The summed E-state index contributed by atoms with van der Waals surface area (Å²) in [5, 5.41) is 7.50. The van der Waals surface area contributed by atoms with Crippen molar-refractivity contribution < 1.29 is 13.2 Å². The molecule has 0 unspecified atom stereocenters. The third-order valence-electron chi connectivity index (χ3n) is 5.86. The van der Waals surface area contributed by atoms with Crippen molar-refractivity contribution >= 4 is 32.8 Å². The molecule has 0 radical (unpaired) electrons. The second-order valence-electron chi connectivity index (χ2n) is 7.70. The number of hydrogen-bond donors (Lipinski definition) is 2. The van der Waals surface area contributed by atoms with Crippen LogP contribution in [-0.2, 0) is 35.9 Å². The summed E-state index contributed by atoms with van der Waals surface area (Å²) in [6, 6.07) is 8.49. The lowest BCUT2D eigenvalue weighted by Crippen LogP contribution is -2.39. The second kappa shape index (κ2) is 6.88. The molecular formula is C21H22N4O3S. The maximum Gasteiger partial charge on any atom is 0.347 e. The standard InChI is InChI=1S/C21H22N4O3S/c26-21(24-29(27,28)25-19-11-4-2-7-16(19)13-22-25)23-20-17-9-3-1-6-14(17)12-15-8-5-10-18(15)20/h2,4,7,11-13H,1,3,5-6,8-10H2,(H2,23,24,26). The molecule has 29 heavy (non-hydrogen) atoms. The van der Waals surface area contributed by atoms with Crippen LogP contribution < -0.4 is 10.0 Å². The fraction of sp³-hybridized carbons (Fsp3) is 0.333. The van der Waals surface area contributed by atoms with Crippen LogP contribution in [0.2, 0.25) is 0 Å². The topological polar surface area (TPSA) is 93.1 Å². The number of aryl methyl sites for hydroxylation is 2. The van der Waals surface area contributed by atoms with Crippen LogP contribution in [0.3, 0.4) is 0 Å². The number of anilines is 1. The van der Waals surface area contributed by atoms with Crippen LogP contribution in [-0.4, -0.2) is 23.6 Å². The third kappa shape index (κ3) is 3.17. The molecule has 0 bridgehead atoms. The third-order valence-corrected chi connectivity index (χ3v) is 7.05. The van der Waals surface area contributed by atoms with E-state index in [0.717, 1.165) is 65.8 Å². The fourth-order valence-corrected chi connectivity index (χ4v) is 5.54. The molecule has 0 saturated carbocycles. The summed E-state index contributed by atoms with van der Waals surface area (Å²) in [5.74, 6) is 0. The molecule has 0 saturated heterocycles. The van der Waals surface area contributed by atoms with E-state index in [1.807, 2.05) is 0 Å². The summed E-state index contributed by atoms with van der Waals surface area (Å²) in [6.07, 6.45) is 8.60. The van der Waals surface area contributed by atoms with Gasteiger partial charge in [0.25, 0.3) is 0 Å². The Labute approximate surface area is 169 Å². The predicted molar refractivity (Wildman–Crippen MR) is 111 cm³/mol. The number of amides is 2. The summed E-state index contributed by atoms with van der Waals surface area (Å²) in [7, 11) is -4.15. The zero-order valence-corrected chi connectivity index (χ0v) is 16.8. The van der Waals surface area contributed by atoms with Gasteiger partial charge >= 0.3 is 16.2 Å². The minimum Gasteiger partial charge on any atom is -0.307 e. The summed E-state index contributed by atoms with van der Waals surface area (Å²) in [4.78, 5) is 12.7. The number of para-hydroxylation sites is 1. The average Bonchev–Trinajstić information content (AvgIpc) is 3.34. The second-order valence-corrected chi connectivity index (χ2v) is 9.20. The largest absolute Gasteiger partial charge is 0.347 e. The molecule has 2 N–H and O–H groups in total. The van der Waals surface area contributed by atoms with E-state index in [4.69, 9.17) is 0 Å². The molecule has 150 valence electrons.